The summed E-state index contributed by atoms with van der Waals surface area (Å²) in [7, 11) is 0. The first-order chi connectivity index (χ1) is 16.7. The van der Waals surface area contributed by atoms with E-state index in [1.807, 2.05) is 54.6 Å². The molecule has 4 aromatic rings. The van der Waals surface area contributed by atoms with Gasteiger partial charge in [0.15, 0.2) is 0 Å². The Hall–Kier alpha value is -4.38. The average molecular weight is 451 g/mol. The fourth-order valence-electron chi connectivity index (χ4n) is 3.17. The van der Waals surface area contributed by atoms with Crippen LogP contribution in [0.1, 0.15) is 32.6 Å². The second kappa shape index (κ2) is 11.5. The van der Waals surface area contributed by atoms with Crippen LogP contribution in [-0.2, 0) is 13.2 Å². The summed E-state index contributed by atoms with van der Waals surface area (Å²) < 4.78 is 11.6. The molecule has 0 atom stereocenters. The molecule has 0 aliphatic carbocycles. The van der Waals surface area contributed by atoms with Gasteiger partial charge in [0.2, 0.25) is 0 Å². The van der Waals surface area contributed by atoms with Gasteiger partial charge in [-0.1, -0.05) is 60.2 Å². The predicted molar refractivity (Wildman–Crippen MR) is 134 cm³/mol. The van der Waals surface area contributed by atoms with Crippen molar-refractivity contribution in [2.45, 2.75) is 20.1 Å². The highest BCUT2D eigenvalue weighted by Crippen LogP contribution is 2.15. The fraction of sp³-hybridized carbons (Fsp3) is 0.103. The van der Waals surface area contributed by atoms with Gasteiger partial charge in [0.1, 0.15) is 24.7 Å². The van der Waals surface area contributed by atoms with E-state index in [9.17, 15) is 4.79 Å². The molecule has 0 aliphatic heterocycles. The average Bonchev–Trinajstić information content (AvgIpc) is 2.89. The largest absolute Gasteiger partial charge is 0.489 e. The number of carbonyl (C=O) groups is 1. The van der Waals surface area contributed by atoms with E-state index in [-0.39, 0.29) is 5.91 Å². The van der Waals surface area contributed by atoms with Crippen molar-refractivity contribution in [3.63, 3.8) is 0 Å². The highest BCUT2D eigenvalue weighted by molar-refractivity contribution is 5.95. The summed E-state index contributed by atoms with van der Waals surface area (Å²) in [6, 6.07) is 32.7. The molecular weight excluding hydrogens is 424 g/mol. The van der Waals surface area contributed by atoms with Gasteiger partial charge in [0.05, 0.1) is 6.21 Å². The summed E-state index contributed by atoms with van der Waals surface area (Å²) in [5, 5.41) is 4.05. The first-order valence-corrected chi connectivity index (χ1v) is 11.0. The monoisotopic (exact) mass is 450 g/mol. The third kappa shape index (κ3) is 6.81. The van der Waals surface area contributed by atoms with Gasteiger partial charge in [0, 0.05) is 5.56 Å². The van der Waals surface area contributed by atoms with Crippen LogP contribution in [0.4, 0.5) is 0 Å². The van der Waals surface area contributed by atoms with Gasteiger partial charge in [0.25, 0.3) is 5.91 Å². The number of ether oxygens (including phenoxy) is 2. The molecule has 0 saturated carbocycles. The molecule has 170 valence electrons. The highest BCUT2D eigenvalue weighted by atomic mass is 16.5. The van der Waals surface area contributed by atoms with E-state index in [2.05, 4.69) is 41.7 Å². The standard InChI is InChI=1S/C29H26N2O3/c1-22-7-9-25(10-8-22)21-34-27-15-11-23(12-16-27)19-30-31-29(32)26-13-17-28(18-14-26)33-20-24-5-3-2-4-6-24/h2-19H,20-21H2,1H3,(H,31,32)/b30-19+. The molecule has 0 heterocycles. The van der Waals surface area contributed by atoms with Crippen LogP contribution in [0, 0.1) is 6.92 Å². The maximum atomic E-state index is 12.3. The van der Waals surface area contributed by atoms with Crippen LogP contribution < -0.4 is 14.9 Å². The molecule has 0 bridgehead atoms. The van der Waals surface area contributed by atoms with Crippen LogP contribution >= 0.6 is 0 Å². The molecule has 0 unspecified atom stereocenters. The Morgan fingerprint density at radius 2 is 1.29 bits per heavy atom. The van der Waals surface area contributed by atoms with Crippen LogP contribution in [0.3, 0.4) is 0 Å². The van der Waals surface area contributed by atoms with Crippen molar-refractivity contribution in [2.75, 3.05) is 0 Å². The number of amides is 1. The smallest absolute Gasteiger partial charge is 0.271 e. The zero-order valence-corrected chi connectivity index (χ0v) is 19.0. The lowest BCUT2D eigenvalue weighted by atomic mass is 10.2. The maximum Gasteiger partial charge on any atom is 0.271 e. The summed E-state index contributed by atoms with van der Waals surface area (Å²) in [4.78, 5) is 12.3. The van der Waals surface area contributed by atoms with Crippen molar-refractivity contribution in [3.8, 4) is 11.5 Å². The number of rotatable bonds is 9. The summed E-state index contributed by atoms with van der Waals surface area (Å²) in [6.45, 7) is 3.05. The zero-order valence-electron chi connectivity index (χ0n) is 19.0. The summed E-state index contributed by atoms with van der Waals surface area (Å²) in [5.74, 6) is 1.19. The molecule has 4 aromatic carbocycles. The van der Waals surface area contributed by atoms with E-state index in [0.717, 1.165) is 22.4 Å². The zero-order chi connectivity index (χ0) is 23.6. The van der Waals surface area contributed by atoms with Crippen molar-refractivity contribution < 1.29 is 14.3 Å². The van der Waals surface area contributed by atoms with E-state index in [1.165, 1.54) is 5.56 Å². The molecule has 1 N–H and O–H groups in total. The number of hydrogen-bond acceptors (Lipinski definition) is 4. The molecule has 5 heteroatoms. The number of hydrogen-bond donors (Lipinski definition) is 1. The summed E-state index contributed by atoms with van der Waals surface area (Å²) >= 11 is 0. The Kier molecular flexibility index (Phi) is 7.70. The van der Waals surface area contributed by atoms with Crippen molar-refractivity contribution in [1.29, 1.82) is 0 Å². The first kappa shape index (κ1) is 22.8. The van der Waals surface area contributed by atoms with Crippen LogP contribution in [0.5, 0.6) is 11.5 Å². The van der Waals surface area contributed by atoms with Crippen LogP contribution in [0.25, 0.3) is 0 Å². The molecule has 1 amide bonds. The van der Waals surface area contributed by atoms with E-state index >= 15 is 0 Å². The van der Waals surface area contributed by atoms with Crippen molar-refractivity contribution in [3.05, 3.63) is 131 Å². The molecule has 0 radical (unpaired) electrons. The van der Waals surface area contributed by atoms with Crippen LogP contribution in [0.15, 0.2) is 108 Å². The number of aryl methyl sites for hydroxylation is 1. The van der Waals surface area contributed by atoms with Gasteiger partial charge in [-0.25, -0.2) is 5.43 Å². The minimum absolute atomic E-state index is 0.288. The first-order valence-electron chi connectivity index (χ1n) is 11.0. The molecule has 34 heavy (non-hydrogen) atoms. The molecule has 0 fully saturated rings. The molecule has 5 nitrogen and oxygen atoms in total. The van der Waals surface area contributed by atoms with Gasteiger partial charge in [-0.15, -0.1) is 0 Å². The molecular formula is C29H26N2O3. The second-order valence-electron chi connectivity index (χ2n) is 7.84. The quantitative estimate of drug-likeness (QED) is 0.254. The van der Waals surface area contributed by atoms with Gasteiger partial charge in [-0.05, 0) is 72.1 Å². The lowest BCUT2D eigenvalue weighted by Gasteiger charge is -2.07. The Balaban J connectivity index is 1.23. The highest BCUT2D eigenvalue weighted by Gasteiger charge is 2.05. The molecule has 0 saturated heterocycles. The predicted octanol–water partition coefficient (Wildman–Crippen LogP) is 5.92. The molecule has 0 aromatic heterocycles. The number of carbonyl (C=O) groups excluding carboxylic acids is 1. The van der Waals surface area contributed by atoms with Crippen LogP contribution in [0.2, 0.25) is 0 Å². The number of hydrazone groups is 1. The lowest BCUT2D eigenvalue weighted by molar-refractivity contribution is 0.0955. The van der Waals surface area contributed by atoms with Gasteiger partial charge >= 0.3 is 0 Å². The molecule has 4 rings (SSSR count). The third-order valence-electron chi connectivity index (χ3n) is 5.15. The van der Waals surface area contributed by atoms with E-state index in [0.29, 0.717) is 24.5 Å². The summed E-state index contributed by atoms with van der Waals surface area (Å²) in [5.41, 5.74) is 7.34. The minimum atomic E-state index is -0.288. The van der Waals surface area contributed by atoms with Crippen molar-refractivity contribution >= 4 is 12.1 Å². The molecule has 0 spiro atoms. The van der Waals surface area contributed by atoms with E-state index < -0.39 is 0 Å². The van der Waals surface area contributed by atoms with E-state index in [1.54, 1.807) is 30.5 Å². The number of nitrogens with zero attached hydrogens (tertiary/aromatic N) is 1. The topological polar surface area (TPSA) is 59.9 Å². The third-order valence-corrected chi connectivity index (χ3v) is 5.15. The minimum Gasteiger partial charge on any atom is -0.489 e. The molecule has 0 aliphatic rings. The van der Waals surface area contributed by atoms with Crippen molar-refractivity contribution in [1.82, 2.24) is 5.43 Å². The maximum absolute atomic E-state index is 12.3. The van der Waals surface area contributed by atoms with Gasteiger partial charge in [-0.3, -0.25) is 4.79 Å². The van der Waals surface area contributed by atoms with Gasteiger partial charge < -0.3 is 9.47 Å². The Morgan fingerprint density at radius 3 is 1.91 bits per heavy atom. The summed E-state index contributed by atoms with van der Waals surface area (Å²) in [6.07, 6.45) is 1.60. The Bertz CT molecular complexity index is 1220. The SMILES string of the molecule is Cc1ccc(COc2ccc(/C=N/NC(=O)c3ccc(OCc4ccccc4)cc3)cc2)cc1. The van der Waals surface area contributed by atoms with Gasteiger partial charge in [-0.2, -0.15) is 5.10 Å². The normalized spacial score (nSPS) is 10.7. The number of benzene rings is 4. The fourth-order valence-corrected chi connectivity index (χ4v) is 3.17. The van der Waals surface area contributed by atoms with Crippen LogP contribution in [-0.4, -0.2) is 12.1 Å². The lowest BCUT2D eigenvalue weighted by Crippen LogP contribution is -2.17. The Labute approximate surface area is 199 Å². The van der Waals surface area contributed by atoms with Crippen molar-refractivity contribution in [2.24, 2.45) is 5.10 Å². The van der Waals surface area contributed by atoms with E-state index in [4.69, 9.17) is 9.47 Å². The number of nitrogens with one attached hydrogen (secondary N) is 1. The Morgan fingerprint density at radius 1 is 0.735 bits per heavy atom. The second-order valence-corrected chi connectivity index (χ2v) is 7.84.